The van der Waals surface area contributed by atoms with Gasteiger partial charge in [0.05, 0.1) is 0 Å². The van der Waals surface area contributed by atoms with Crippen molar-refractivity contribution in [1.82, 2.24) is 5.32 Å². The zero-order valence-corrected chi connectivity index (χ0v) is 14.6. The first-order chi connectivity index (χ1) is 9.59. The molecule has 0 aromatic heterocycles. The predicted molar refractivity (Wildman–Crippen MR) is 91.1 cm³/mol. The maximum atomic E-state index is 3.42. The van der Waals surface area contributed by atoms with Crippen molar-refractivity contribution >= 4 is 0 Å². The molecule has 1 fully saturated rings. The van der Waals surface area contributed by atoms with Crippen LogP contribution in [0.15, 0.2) is 0 Å². The molecule has 1 nitrogen and oxygen atoms in total. The van der Waals surface area contributed by atoms with Gasteiger partial charge in [-0.05, 0) is 50.1 Å². The van der Waals surface area contributed by atoms with Gasteiger partial charge in [0, 0.05) is 0 Å². The molecular formula is C19H39N. The number of unbranched alkanes of at least 4 members (excludes halogenated alkanes) is 6. The minimum absolute atomic E-state index is 0.593. The summed E-state index contributed by atoms with van der Waals surface area (Å²) in [6.45, 7) is 8.48. The van der Waals surface area contributed by atoms with Crippen LogP contribution in [0.25, 0.3) is 0 Å². The summed E-state index contributed by atoms with van der Waals surface area (Å²) in [4.78, 5) is 0. The van der Waals surface area contributed by atoms with Gasteiger partial charge in [-0.15, -0.1) is 0 Å². The molecule has 0 bridgehead atoms. The topological polar surface area (TPSA) is 12.0 Å². The van der Waals surface area contributed by atoms with Crippen LogP contribution >= 0.6 is 0 Å². The third-order valence-electron chi connectivity index (χ3n) is 5.32. The highest BCUT2D eigenvalue weighted by Crippen LogP contribution is 2.43. The molecule has 0 spiro atoms. The Morgan fingerprint density at radius 2 is 1.60 bits per heavy atom. The highest BCUT2D eigenvalue weighted by molar-refractivity contribution is 4.85. The Hall–Kier alpha value is -0.0400. The smallest absolute Gasteiger partial charge is 0.00209 e. The van der Waals surface area contributed by atoms with Crippen LogP contribution in [-0.4, -0.2) is 13.6 Å². The zero-order chi connectivity index (χ0) is 14.8. The summed E-state index contributed by atoms with van der Waals surface area (Å²) in [5.41, 5.74) is 0.593. The van der Waals surface area contributed by atoms with Crippen molar-refractivity contribution in [2.75, 3.05) is 13.6 Å². The zero-order valence-electron chi connectivity index (χ0n) is 14.6. The quantitative estimate of drug-likeness (QED) is 0.500. The van der Waals surface area contributed by atoms with Crippen LogP contribution < -0.4 is 5.32 Å². The van der Waals surface area contributed by atoms with Crippen LogP contribution in [-0.2, 0) is 0 Å². The lowest BCUT2D eigenvalue weighted by Gasteiger charge is -2.41. The van der Waals surface area contributed by atoms with E-state index < -0.39 is 0 Å². The third-order valence-corrected chi connectivity index (χ3v) is 5.32. The Kier molecular flexibility index (Phi) is 8.84. The van der Waals surface area contributed by atoms with Crippen molar-refractivity contribution in [2.45, 2.75) is 91.4 Å². The van der Waals surface area contributed by atoms with E-state index in [1.807, 2.05) is 0 Å². The molecule has 0 aromatic rings. The van der Waals surface area contributed by atoms with E-state index in [1.54, 1.807) is 0 Å². The molecule has 0 aromatic carbocycles. The molecule has 0 heterocycles. The summed E-state index contributed by atoms with van der Waals surface area (Å²) in [5.74, 6) is 1.91. The maximum absolute atomic E-state index is 3.42. The highest BCUT2D eigenvalue weighted by Gasteiger charge is 2.33. The first-order valence-electron chi connectivity index (χ1n) is 9.23. The normalized spacial score (nSPS) is 25.8. The van der Waals surface area contributed by atoms with Crippen molar-refractivity contribution in [1.29, 1.82) is 0 Å². The number of hydrogen-bond acceptors (Lipinski definition) is 1. The van der Waals surface area contributed by atoms with Crippen molar-refractivity contribution < 1.29 is 0 Å². The van der Waals surface area contributed by atoms with Crippen LogP contribution in [0.5, 0.6) is 0 Å². The highest BCUT2D eigenvalue weighted by atomic mass is 14.8. The minimum atomic E-state index is 0.593. The van der Waals surface area contributed by atoms with E-state index in [9.17, 15) is 0 Å². The Morgan fingerprint density at radius 1 is 0.950 bits per heavy atom. The monoisotopic (exact) mass is 281 g/mol. The molecule has 2 atom stereocenters. The van der Waals surface area contributed by atoms with Crippen LogP contribution in [0, 0.1) is 17.3 Å². The average molecular weight is 282 g/mol. The van der Waals surface area contributed by atoms with Crippen LogP contribution in [0.2, 0.25) is 0 Å². The van der Waals surface area contributed by atoms with Crippen molar-refractivity contribution in [3.63, 3.8) is 0 Å². The predicted octanol–water partition coefficient (Wildman–Crippen LogP) is 5.79. The molecule has 0 amide bonds. The number of nitrogens with one attached hydrogen (secondary N) is 1. The molecule has 20 heavy (non-hydrogen) atoms. The fourth-order valence-corrected chi connectivity index (χ4v) is 4.02. The lowest BCUT2D eigenvalue weighted by molar-refractivity contribution is 0.109. The van der Waals surface area contributed by atoms with Gasteiger partial charge in [0.1, 0.15) is 0 Å². The van der Waals surface area contributed by atoms with Crippen molar-refractivity contribution in [3.05, 3.63) is 0 Å². The Balaban J connectivity index is 2.20. The first kappa shape index (κ1) is 18.0. The summed E-state index contributed by atoms with van der Waals surface area (Å²) in [6, 6.07) is 0. The lowest BCUT2D eigenvalue weighted by Crippen LogP contribution is -2.35. The molecule has 1 aliphatic rings. The van der Waals surface area contributed by atoms with Gasteiger partial charge in [0.15, 0.2) is 0 Å². The Labute approximate surface area is 128 Å². The van der Waals surface area contributed by atoms with E-state index in [2.05, 4.69) is 33.1 Å². The van der Waals surface area contributed by atoms with Gasteiger partial charge in [-0.3, -0.25) is 0 Å². The summed E-state index contributed by atoms with van der Waals surface area (Å²) < 4.78 is 0. The fourth-order valence-electron chi connectivity index (χ4n) is 4.02. The average Bonchev–Trinajstić information content (AvgIpc) is 2.40. The largest absolute Gasteiger partial charge is 0.319 e. The van der Waals surface area contributed by atoms with E-state index >= 15 is 0 Å². The van der Waals surface area contributed by atoms with E-state index in [1.165, 1.54) is 77.2 Å². The maximum Gasteiger partial charge on any atom is -0.00209 e. The first-order valence-corrected chi connectivity index (χ1v) is 9.23. The summed E-state index contributed by atoms with van der Waals surface area (Å²) in [7, 11) is 2.12. The Morgan fingerprint density at radius 3 is 2.25 bits per heavy atom. The van der Waals surface area contributed by atoms with Crippen LogP contribution in [0.4, 0.5) is 0 Å². The van der Waals surface area contributed by atoms with Gasteiger partial charge < -0.3 is 5.32 Å². The summed E-state index contributed by atoms with van der Waals surface area (Å²) in [6.07, 6.45) is 15.9. The van der Waals surface area contributed by atoms with Gasteiger partial charge in [0.2, 0.25) is 0 Å². The molecule has 1 N–H and O–H groups in total. The number of rotatable bonds is 10. The minimum Gasteiger partial charge on any atom is -0.319 e. The summed E-state index contributed by atoms with van der Waals surface area (Å²) in [5, 5.41) is 3.42. The van der Waals surface area contributed by atoms with E-state index in [-0.39, 0.29) is 0 Å². The Bertz CT molecular complexity index is 234. The molecule has 0 saturated heterocycles. The summed E-state index contributed by atoms with van der Waals surface area (Å²) >= 11 is 0. The second-order valence-corrected chi connectivity index (χ2v) is 7.89. The van der Waals surface area contributed by atoms with Crippen molar-refractivity contribution in [3.8, 4) is 0 Å². The lowest BCUT2D eigenvalue weighted by atomic mass is 9.66. The molecule has 0 radical (unpaired) electrons. The van der Waals surface area contributed by atoms with Crippen LogP contribution in [0.1, 0.15) is 91.4 Å². The molecule has 2 unspecified atom stereocenters. The van der Waals surface area contributed by atoms with Gasteiger partial charge in [-0.2, -0.15) is 0 Å². The molecule has 0 aliphatic heterocycles. The van der Waals surface area contributed by atoms with Crippen molar-refractivity contribution in [2.24, 2.45) is 17.3 Å². The molecule has 120 valence electrons. The molecule has 1 heteroatoms. The third kappa shape index (κ3) is 7.11. The van der Waals surface area contributed by atoms with E-state index in [0.717, 1.165) is 11.8 Å². The van der Waals surface area contributed by atoms with Gasteiger partial charge in [0.25, 0.3) is 0 Å². The standard InChI is InChI=1S/C19H39N/c1-5-6-7-8-9-10-11-12-17-15-19(2,3)14-13-18(17)16-20-4/h17-18,20H,5-16H2,1-4H3. The van der Waals surface area contributed by atoms with E-state index in [0.29, 0.717) is 5.41 Å². The van der Waals surface area contributed by atoms with Gasteiger partial charge >= 0.3 is 0 Å². The van der Waals surface area contributed by atoms with E-state index in [4.69, 9.17) is 0 Å². The molecule has 1 aliphatic carbocycles. The van der Waals surface area contributed by atoms with Gasteiger partial charge in [-0.1, -0.05) is 72.1 Å². The second-order valence-electron chi connectivity index (χ2n) is 7.89. The molecule has 1 saturated carbocycles. The second kappa shape index (κ2) is 9.82. The molecule has 1 rings (SSSR count). The fraction of sp³-hybridized carbons (Fsp3) is 1.00. The molecular weight excluding hydrogens is 242 g/mol. The SMILES string of the molecule is CCCCCCCCCC1CC(C)(C)CCC1CNC. The number of hydrogen-bond donors (Lipinski definition) is 1. The van der Waals surface area contributed by atoms with Crippen LogP contribution in [0.3, 0.4) is 0 Å². The van der Waals surface area contributed by atoms with Gasteiger partial charge in [-0.25, -0.2) is 0 Å².